The Hall–Kier alpha value is -4.50. The number of carbonyl (C=O) groups excluding carboxylic acids is 1. The number of carbonyl (C=O) groups is 2. The van der Waals surface area contributed by atoms with Crippen molar-refractivity contribution in [1.29, 1.82) is 0 Å². The fourth-order valence-corrected chi connectivity index (χ4v) is 5.28. The number of ether oxygens (including phenoxy) is 1. The smallest absolute Gasteiger partial charge is 0.434 e. The summed E-state index contributed by atoms with van der Waals surface area (Å²) < 4.78 is 48.4. The second kappa shape index (κ2) is 13.4. The lowest BCUT2D eigenvalue weighted by Crippen LogP contribution is -2.28. The molecule has 3 N–H and O–H groups in total. The first-order valence-corrected chi connectivity index (χ1v) is 14.5. The van der Waals surface area contributed by atoms with Gasteiger partial charge in [-0.25, -0.2) is 19.6 Å². The van der Waals surface area contributed by atoms with Crippen LogP contribution in [0.1, 0.15) is 36.3 Å². The summed E-state index contributed by atoms with van der Waals surface area (Å²) in [6.07, 6.45) is -1.40. The van der Waals surface area contributed by atoms with Crippen LogP contribution < -0.4 is 20.8 Å². The molecule has 15 heteroatoms. The van der Waals surface area contributed by atoms with Crippen molar-refractivity contribution in [2.75, 3.05) is 39.1 Å². The Morgan fingerprint density at radius 2 is 1.89 bits per heavy atom. The second-order valence-corrected chi connectivity index (χ2v) is 10.9. The molecule has 4 aromatic rings. The summed E-state index contributed by atoms with van der Waals surface area (Å²) >= 11 is 0.748. The molecule has 0 aliphatic rings. The highest BCUT2D eigenvalue weighted by molar-refractivity contribution is 7.13. The van der Waals surface area contributed by atoms with E-state index in [1.165, 1.54) is 24.5 Å². The van der Waals surface area contributed by atoms with Crippen LogP contribution >= 0.6 is 11.3 Å². The number of aromatic nitrogens is 3. The molecule has 3 aromatic heterocycles. The zero-order valence-electron chi connectivity index (χ0n) is 24.4. The van der Waals surface area contributed by atoms with Gasteiger partial charge in [-0.15, -0.1) is 11.3 Å². The number of carboxylic acids is 1. The number of hydrogen-bond donors (Lipinski definition) is 3. The van der Waals surface area contributed by atoms with Gasteiger partial charge in [-0.2, -0.15) is 13.2 Å². The molecule has 0 radical (unpaired) electrons. The van der Waals surface area contributed by atoms with Crippen molar-refractivity contribution >= 4 is 40.1 Å². The summed E-state index contributed by atoms with van der Waals surface area (Å²) in [6, 6.07) is 3.92. The number of aryl methyl sites for hydroxylation is 1. The summed E-state index contributed by atoms with van der Waals surface area (Å²) in [5.74, 6) is -1.04. The van der Waals surface area contributed by atoms with Gasteiger partial charge in [0.15, 0.2) is 5.69 Å². The minimum absolute atomic E-state index is 0.0179. The number of rotatable bonds is 11. The predicted octanol–water partition coefficient (Wildman–Crippen LogP) is 5.40. The van der Waals surface area contributed by atoms with E-state index < -0.39 is 34.9 Å². The average molecular weight is 633 g/mol. The van der Waals surface area contributed by atoms with Gasteiger partial charge < -0.3 is 24.6 Å². The van der Waals surface area contributed by atoms with E-state index in [2.05, 4.69) is 20.6 Å². The Morgan fingerprint density at radius 1 is 1.14 bits per heavy atom. The quantitative estimate of drug-likeness (QED) is 0.200. The van der Waals surface area contributed by atoms with Crippen molar-refractivity contribution in [3.8, 4) is 27.4 Å². The van der Waals surface area contributed by atoms with E-state index in [1.807, 2.05) is 25.9 Å². The van der Waals surface area contributed by atoms with Crippen LogP contribution in [0.4, 0.5) is 23.8 Å². The van der Waals surface area contributed by atoms with Crippen LogP contribution in [0.15, 0.2) is 40.8 Å². The lowest BCUT2D eigenvalue weighted by Gasteiger charge is -2.19. The lowest BCUT2D eigenvalue weighted by molar-refractivity contribution is -0.140. The number of likely N-dealkylation sites (N-methyl/N-ethyl adjacent to an activating group) is 1. The number of halogens is 3. The molecule has 0 aliphatic carbocycles. The van der Waals surface area contributed by atoms with Crippen LogP contribution in [0.25, 0.3) is 32.6 Å². The molecule has 1 aromatic carbocycles. The summed E-state index contributed by atoms with van der Waals surface area (Å²) in [4.78, 5) is 47.6. The molecule has 3 heterocycles. The maximum Gasteiger partial charge on any atom is 0.434 e. The highest BCUT2D eigenvalue weighted by Crippen LogP contribution is 2.42. The fraction of sp³-hybridized carbons (Fsp3) is 0.345. The third-order valence-corrected chi connectivity index (χ3v) is 7.35. The normalized spacial score (nSPS) is 11.6. The Kier molecular flexibility index (Phi) is 9.89. The van der Waals surface area contributed by atoms with Gasteiger partial charge in [0.2, 0.25) is 5.43 Å². The molecular weight excluding hydrogens is 601 g/mol. The Labute approximate surface area is 254 Å². The molecule has 0 fully saturated rings. The molecule has 44 heavy (non-hydrogen) atoms. The van der Waals surface area contributed by atoms with E-state index in [1.54, 1.807) is 17.6 Å². The van der Waals surface area contributed by atoms with Gasteiger partial charge in [0, 0.05) is 65.6 Å². The first-order chi connectivity index (χ1) is 20.8. The highest BCUT2D eigenvalue weighted by Gasteiger charge is 2.34. The number of anilines is 1. The third-order valence-electron chi connectivity index (χ3n) is 6.47. The molecule has 0 bridgehead atoms. The van der Waals surface area contributed by atoms with Gasteiger partial charge in [-0.05, 0) is 39.6 Å². The standard InChI is InChI=1S/C29H31F3N6O5S/c1-5-7-38-14-20(27(40)41)25(39)18-10-16(22(12-21(18)38)43-9-8-37(3)4)19-13-34-24(36-28(42)33-6-2)11-17(19)26-35-23(15-44-26)29(30,31)32/h10-15H,5-9H2,1-4H3,(H,40,41)(H2,33,34,36,42). The molecule has 4 rings (SSSR count). The topological polar surface area (TPSA) is 139 Å². The van der Waals surface area contributed by atoms with E-state index in [9.17, 15) is 32.7 Å². The minimum Gasteiger partial charge on any atom is -0.492 e. The number of nitrogens with one attached hydrogen (secondary N) is 2. The number of carboxylic acid groups (broad SMARTS) is 1. The largest absolute Gasteiger partial charge is 0.492 e. The molecule has 0 aliphatic heterocycles. The summed E-state index contributed by atoms with van der Waals surface area (Å²) in [5, 5.41) is 15.8. The molecule has 234 valence electrons. The number of urea groups is 1. The summed E-state index contributed by atoms with van der Waals surface area (Å²) in [6.45, 7) is 5.13. The number of aromatic carboxylic acids is 1. The van der Waals surface area contributed by atoms with Crippen molar-refractivity contribution in [3.05, 3.63) is 57.5 Å². The number of hydrogen-bond acceptors (Lipinski definition) is 8. The van der Waals surface area contributed by atoms with E-state index in [0.29, 0.717) is 37.3 Å². The van der Waals surface area contributed by atoms with Crippen LogP contribution in [0, 0.1) is 0 Å². The van der Waals surface area contributed by atoms with Crippen LogP contribution in [-0.2, 0) is 12.7 Å². The second-order valence-electron chi connectivity index (χ2n) is 10.0. The Morgan fingerprint density at radius 3 is 2.50 bits per heavy atom. The number of amides is 2. The zero-order valence-corrected chi connectivity index (χ0v) is 25.2. The van der Waals surface area contributed by atoms with Crippen LogP contribution in [0.3, 0.4) is 0 Å². The minimum atomic E-state index is -4.69. The maximum absolute atomic E-state index is 13.5. The van der Waals surface area contributed by atoms with E-state index in [4.69, 9.17) is 4.74 Å². The Balaban J connectivity index is 2.02. The number of benzene rings is 1. The molecule has 0 spiro atoms. The van der Waals surface area contributed by atoms with Crippen molar-refractivity contribution in [2.45, 2.75) is 33.0 Å². The molecule has 11 nitrogen and oxygen atoms in total. The maximum atomic E-state index is 13.5. The van der Waals surface area contributed by atoms with Gasteiger partial charge in [-0.3, -0.25) is 10.1 Å². The van der Waals surface area contributed by atoms with E-state index >= 15 is 0 Å². The lowest BCUT2D eigenvalue weighted by atomic mass is 9.98. The van der Waals surface area contributed by atoms with E-state index in [-0.39, 0.29) is 39.5 Å². The van der Waals surface area contributed by atoms with Crippen molar-refractivity contribution in [3.63, 3.8) is 0 Å². The van der Waals surface area contributed by atoms with Gasteiger partial charge >= 0.3 is 18.2 Å². The molecule has 0 saturated heterocycles. The zero-order chi connectivity index (χ0) is 32.2. The fourth-order valence-electron chi connectivity index (χ4n) is 4.43. The summed E-state index contributed by atoms with van der Waals surface area (Å²) in [7, 11) is 3.72. The van der Waals surface area contributed by atoms with Gasteiger partial charge in [-0.1, -0.05) is 6.92 Å². The van der Waals surface area contributed by atoms with Crippen molar-refractivity contribution in [1.82, 2.24) is 24.8 Å². The van der Waals surface area contributed by atoms with Crippen LogP contribution in [0.2, 0.25) is 0 Å². The van der Waals surface area contributed by atoms with Crippen molar-refractivity contribution < 1.29 is 32.6 Å². The number of pyridine rings is 2. The third kappa shape index (κ3) is 7.17. The van der Waals surface area contributed by atoms with Gasteiger partial charge in [0.25, 0.3) is 0 Å². The van der Waals surface area contributed by atoms with Crippen LogP contribution in [-0.4, -0.2) is 70.3 Å². The predicted molar refractivity (Wildman–Crippen MR) is 162 cm³/mol. The molecule has 0 atom stereocenters. The number of alkyl halides is 3. The average Bonchev–Trinajstić information content (AvgIpc) is 3.45. The molecule has 0 saturated carbocycles. The number of nitrogens with zero attached hydrogens (tertiary/aromatic N) is 4. The number of thiazole rings is 1. The Bertz CT molecular complexity index is 1750. The first-order valence-electron chi connectivity index (χ1n) is 13.6. The highest BCUT2D eigenvalue weighted by atomic mass is 32.1. The van der Waals surface area contributed by atoms with E-state index in [0.717, 1.165) is 16.7 Å². The monoisotopic (exact) mass is 632 g/mol. The summed E-state index contributed by atoms with van der Waals surface area (Å²) in [5.41, 5.74) is -1.07. The van der Waals surface area contributed by atoms with Crippen molar-refractivity contribution in [2.24, 2.45) is 0 Å². The molecular formula is C29H31F3N6O5S. The van der Waals surface area contributed by atoms with Gasteiger partial charge in [0.1, 0.15) is 28.7 Å². The van der Waals surface area contributed by atoms with Gasteiger partial charge in [0.05, 0.1) is 5.52 Å². The SMILES string of the molecule is CCCn1cc(C(=O)O)c(=O)c2cc(-c3cnc(NC(=O)NCC)cc3-c3nc(C(F)(F)F)cs3)c(OCCN(C)C)cc21. The molecule has 2 amide bonds. The van der Waals surface area contributed by atoms with Crippen LogP contribution in [0.5, 0.6) is 5.75 Å². The molecule has 0 unspecified atom stereocenters. The number of fused-ring (bicyclic) bond motifs is 1. The first kappa shape index (κ1) is 32.4.